The van der Waals surface area contributed by atoms with E-state index in [1.54, 1.807) is 11.9 Å². The highest BCUT2D eigenvalue weighted by Crippen LogP contribution is 2.29. The molecule has 0 spiro atoms. The van der Waals surface area contributed by atoms with Gasteiger partial charge in [0.15, 0.2) is 0 Å². The standard InChI is InChI=1S/C16H16FN3O/c1-18-15-13(9-12(17)10-19-15)16(21)20-8-4-6-11-5-2-3-7-14(11)20/h2-3,5,7,9-10H,4,6,8H2,1H3,(H,18,19). The van der Waals surface area contributed by atoms with E-state index in [4.69, 9.17) is 0 Å². The van der Waals surface area contributed by atoms with Crippen LogP contribution in [0.1, 0.15) is 22.3 Å². The van der Waals surface area contributed by atoms with Crippen molar-refractivity contribution in [1.82, 2.24) is 4.98 Å². The van der Waals surface area contributed by atoms with E-state index >= 15 is 0 Å². The summed E-state index contributed by atoms with van der Waals surface area (Å²) in [5.41, 5.74) is 2.31. The molecule has 1 aromatic carbocycles. The molecule has 108 valence electrons. The predicted octanol–water partition coefficient (Wildman–Crippen LogP) is 2.86. The molecule has 0 aliphatic carbocycles. The SMILES string of the molecule is CNc1ncc(F)cc1C(=O)N1CCCc2ccccc21. The van der Waals surface area contributed by atoms with Gasteiger partial charge in [0.25, 0.3) is 5.91 Å². The van der Waals surface area contributed by atoms with Gasteiger partial charge in [0.2, 0.25) is 0 Å². The minimum Gasteiger partial charge on any atom is -0.372 e. The monoisotopic (exact) mass is 285 g/mol. The van der Waals surface area contributed by atoms with Gasteiger partial charge in [-0.05, 0) is 30.5 Å². The molecule has 1 aromatic heterocycles. The lowest BCUT2D eigenvalue weighted by Gasteiger charge is -2.29. The Morgan fingerprint density at radius 1 is 1.38 bits per heavy atom. The Hall–Kier alpha value is -2.43. The Kier molecular flexibility index (Phi) is 3.56. The van der Waals surface area contributed by atoms with Crippen LogP contribution in [0.25, 0.3) is 0 Å². The number of halogens is 1. The Morgan fingerprint density at radius 3 is 3.00 bits per heavy atom. The number of benzene rings is 1. The molecule has 2 heterocycles. The molecule has 0 saturated carbocycles. The van der Waals surface area contributed by atoms with Crippen LogP contribution in [0, 0.1) is 5.82 Å². The van der Waals surface area contributed by atoms with Gasteiger partial charge in [0.1, 0.15) is 11.6 Å². The number of para-hydroxylation sites is 1. The summed E-state index contributed by atoms with van der Waals surface area (Å²) in [4.78, 5) is 18.4. The number of pyridine rings is 1. The number of nitrogens with one attached hydrogen (secondary N) is 1. The summed E-state index contributed by atoms with van der Waals surface area (Å²) in [6, 6.07) is 9.07. The fraction of sp³-hybridized carbons (Fsp3) is 0.250. The van der Waals surface area contributed by atoms with E-state index in [1.807, 2.05) is 24.3 Å². The number of carbonyl (C=O) groups excluding carboxylic acids is 1. The number of carbonyl (C=O) groups is 1. The Bertz CT molecular complexity index is 687. The van der Waals surface area contributed by atoms with Crippen molar-refractivity contribution in [1.29, 1.82) is 0 Å². The van der Waals surface area contributed by atoms with Gasteiger partial charge in [-0.3, -0.25) is 4.79 Å². The molecule has 1 aliphatic heterocycles. The zero-order valence-electron chi connectivity index (χ0n) is 11.8. The van der Waals surface area contributed by atoms with E-state index in [-0.39, 0.29) is 11.5 Å². The van der Waals surface area contributed by atoms with Crippen molar-refractivity contribution in [2.75, 3.05) is 23.8 Å². The molecule has 1 aliphatic rings. The van der Waals surface area contributed by atoms with Crippen LogP contribution in [0.4, 0.5) is 15.9 Å². The van der Waals surface area contributed by atoms with Crippen molar-refractivity contribution in [3.63, 3.8) is 0 Å². The topological polar surface area (TPSA) is 45.2 Å². The molecule has 0 radical (unpaired) electrons. The summed E-state index contributed by atoms with van der Waals surface area (Å²) in [5.74, 6) is -0.342. The number of amides is 1. The summed E-state index contributed by atoms with van der Waals surface area (Å²) in [5, 5.41) is 2.84. The molecule has 5 heteroatoms. The highest BCUT2D eigenvalue weighted by molar-refractivity contribution is 6.09. The van der Waals surface area contributed by atoms with E-state index in [0.29, 0.717) is 12.4 Å². The molecule has 2 aromatic rings. The van der Waals surface area contributed by atoms with Crippen molar-refractivity contribution >= 4 is 17.4 Å². The lowest BCUT2D eigenvalue weighted by Crippen LogP contribution is -2.36. The predicted molar refractivity (Wildman–Crippen MR) is 80.2 cm³/mol. The van der Waals surface area contributed by atoms with Crippen molar-refractivity contribution in [3.05, 3.63) is 53.5 Å². The first kappa shape index (κ1) is 13.5. The van der Waals surface area contributed by atoms with E-state index in [2.05, 4.69) is 10.3 Å². The van der Waals surface area contributed by atoms with E-state index in [1.165, 1.54) is 6.07 Å². The number of aromatic nitrogens is 1. The van der Waals surface area contributed by atoms with Gasteiger partial charge in [0.05, 0.1) is 11.8 Å². The molecule has 0 saturated heterocycles. The van der Waals surface area contributed by atoms with Crippen LogP contribution in [0.3, 0.4) is 0 Å². The fourth-order valence-electron chi connectivity index (χ4n) is 2.69. The van der Waals surface area contributed by atoms with Crippen LogP contribution in [0.15, 0.2) is 36.5 Å². The normalized spacial score (nSPS) is 13.7. The maximum Gasteiger partial charge on any atom is 0.262 e. The van der Waals surface area contributed by atoms with E-state index in [0.717, 1.165) is 30.3 Å². The second-order valence-electron chi connectivity index (χ2n) is 4.99. The highest BCUT2D eigenvalue weighted by atomic mass is 19.1. The van der Waals surface area contributed by atoms with Crippen LogP contribution in [0.5, 0.6) is 0 Å². The number of nitrogens with zero attached hydrogens (tertiary/aromatic N) is 2. The summed E-state index contributed by atoms with van der Waals surface area (Å²) in [6.07, 6.45) is 2.97. The van der Waals surface area contributed by atoms with Gasteiger partial charge >= 0.3 is 0 Å². The van der Waals surface area contributed by atoms with Gasteiger partial charge < -0.3 is 10.2 Å². The van der Waals surface area contributed by atoms with Crippen LogP contribution in [-0.2, 0) is 6.42 Å². The summed E-state index contributed by atoms with van der Waals surface area (Å²) in [7, 11) is 1.67. The average Bonchev–Trinajstić information content (AvgIpc) is 2.53. The number of fused-ring (bicyclic) bond motifs is 1. The molecule has 4 nitrogen and oxygen atoms in total. The minimum absolute atomic E-state index is 0.224. The second kappa shape index (κ2) is 5.52. The summed E-state index contributed by atoms with van der Waals surface area (Å²) in [6.45, 7) is 0.634. The van der Waals surface area contributed by atoms with Gasteiger partial charge in [-0.15, -0.1) is 0 Å². The van der Waals surface area contributed by atoms with Crippen molar-refractivity contribution in [3.8, 4) is 0 Å². The first-order chi connectivity index (χ1) is 10.2. The number of aryl methyl sites for hydroxylation is 1. The fourth-order valence-corrected chi connectivity index (χ4v) is 2.69. The number of hydrogen-bond acceptors (Lipinski definition) is 3. The van der Waals surface area contributed by atoms with Gasteiger partial charge in [0, 0.05) is 19.3 Å². The van der Waals surface area contributed by atoms with E-state index < -0.39 is 5.82 Å². The maximum absolute atomic E-state index is 13.4. The van der Waals surface area contributed by atoms with Crippen LogP contribution in [-0.4, -0.2) is 24.5 Å². The Balaban J connectivity index is 2.02. The zero-order chi connectivity index (χ0) is 14.8. The molecular weight excluding hydrogens is 269 g/mol. The van der Waals surface area contributed by atoms with Crippen LogP contribution in [0.2, 0.25) is 0 Å². The third-order valence-corrected chi connectivity index (χ3v) is 3.68. The van der Waals surface area contributed by atoms with Gasteiger partial charge in [-0.1, -0.05) is 18.2 Å². The smallest absolute Gasteiger partial charge is 0.262 e. The number of rotatable bonds is 2. The van der Waals surface area contributed by atoms with Crippen molar-refractivity contribution in [2.24, 2.45) is 0 Å². The first-order valence-corrected chi connectivity index (χ1v) is 6.94. The van der Waals surface area contributed by atoms with E-state index in [9.17, 15) is 9.18 Å². The van der Waals surface area contributed by atoms with Gasteiger partial charge in [-0.2, -0.15) is 0 Å². The minimum atomic E-state index is -0.511. The first-order valence-electron chi connectivity index (χ1n) is 6.94. The lowest BCUT2D eigenvalue weighted by atomic mass is 10.0. The quantitative estimate of drug-likeness (QED) is 0.923. The largest absolute Gasteiger partial charge is 0.372 e. The number of anilines is 2. The zero-order valence-corrected chi connectivity index (χ0v) is 11.8. The van der Waals surface area contributed by atoms with Crippen molar-refractivity contribution < 1.29 is 9.18 Å². The van der Waals surface area contributed by atoms with Crippen LogP contribution < -0.4 is 10.2 Å². The average molecular weight is 285 g/mol. The Morgan fingerprint density at radius 2 is 2.19 bits per heavy atom. The third kappa shape index (κ3) is 2.46. The second-order valence-corrected chi connectivity index (χ2v) is 4.99. The molecule has 0 atom stereocenters. The molecule has 3 rings (SSSR count). The Labute approximate surface area is 122 Å². The van der Waals surface area contributed by atoms with Gasteiger partial charge in [-0.25, -0.2) is 9.37 Å². The summed E-state index contributed by atoms with van der Waals surface area (Å²) >= 11 is 0. The van der Waals surface area contributed by atoms with Crippen molar-refractivity contribution in [2.45, 2.75) is 12.8 Å². The summed E-state index contributed by atoms with van der Waals surface area (Å²) < 4.78 is 13.4. The molecule has 1 N–H and O–H groups in total. The third-order valence-electron chi connectivity index (χ3n) is 3.68. The number of hydrogen-bond donors (Lipinski definition) is 1. The molecule has 21 heavy (non-hydrogen) atoms. The molecule has 0 bridgehead atoms. The molecule has 0 unspecified atom stereocenters. The lowest BCUT2D eigenvalue weighted by molar-refractivity contribution is 0.0985. The van der Waals surface area contributed by atoms with Crippen LogP contribution >= 0.6 is 0 Å². The maximum atomic E-state index is 13.4. The highest BCUT2D eigenvalue weighted by Gasteiger charge is 2.25. The molecular formula is C16H16FN3O. The molecule has 1 amide bonds. The molecule has 0 fully saturated rings.